The summed E-state index contributed by atoms with van der Waals surface area (Å²) < 4.78 is 33.5. The zero-order valence-corrected chi connectivity index (χ0v) is 14.2. The minimum absolute atomic E-state index is 0.0284. The molecule has 0 amide bonds. The number of hydrogen-bond donors (Lipinski definition) is 1. The molecule has 1 unspecified atom stereocenters. The Bertz CT molecular complexity index is 607. The molecule has 0 aromatic heterocycles. The van der Waals surface area contributed by atoms with Gasteiger partial charge in [0.15, 0.2) is 0 Å². The first-order valence-corrected chi connectivity index (χ1v) is 9.75. The lowest BCUT2D eigenvalue weighted by molar-refractivity contribution is 0.188. The van der Waals surface area contributed by atoms with E-state index in [1.807, 2.05) is 18.2 Å². The summed E-state index contributed by atoms with van der Waals surface area (Å²) >= 11 is 3.57. The van der Waals surface area contributed by atoms with Crippen molar-refractivity contribution < 1.29 is 13.2 Å². The van der Waals surface area contributed by atoms with Gasteiger partial charge in [0.05, 0.1) is 12.4 Å². The zero-order chi connectivity index (χ0) is 14.9. The smallest absolute Gasteiger partial charge is 0.211 e. The largest absolute Gasteiger partial charge is 0.381 e. The van der Waals surface area contributed by atoms with Crippen molar-refractivity contribution in [2.45, 2.75) is 24.7 Å². The van der Waals surface area contributed by atoms with Crippen LogP contribution in [0.3, 0.4) is 0 Å². The molecular weight excluding hydrogens is 354 g/mol. The SMILES string of the molecule is O=S(=O)(CC1CCOC1)NCC1(c2ccccc2Br)CC1. The molecule has 3 rings (SSSR count). The number of benzene rings is 1. The van der Waals surface area contributed by atoms with E-state index in [-0.39, 0.29) is 17.1 Å². The molecule has 6 heteroatoms. The average molecular weight is 374 g/mol. The second-order valence-corrected chi connectivity index (χ2v) is 8.80. The van der Waals surface area contributed by atoms with Crippen LogP contribution in [0.1, 0.15) is 24.8 Å². The first kappa shape index (κ1) is 15.5. The van der Waals surface area contributed by atoms with Gasteiger partial charge in [-0.25, -0.2) is 13.1 Å². The minimum atomic E-state index is -3.22. The fourth-order valence-electron chi connectivity index (χ4n) is 2.92. The van der Waals surface area contributed by atoms with E-state index in [0.29, 0.717) is 19.8 Å². The Morgan fingerprint density at radius 2 is 2.10 bits per heavy atom. The number of hydrogen-bond acceptors (Lipinski definition) is 3. The summed E-state index contributed by atoms with van der Waals surface area (Å²) in [6, 6.07) is 8.08. The topological polar surface area (TPSA) is 55.4 Å². The molecule has 1 atom stereocenters. The fourth-order valence-corrected chi connectivity index (χ4v) is 5.12. The standard InChI is InChI=1S/C15H20BrNO3S/c16-14-4-2-1-3-13(14)15(6-7-15)11-17-21(18,19)10-12-5-8-20-9-12/h1-4,12,17H,5-11H2. The Labute approximate surface area is 134 Å². The molecule has 1 N–H and O–H groups in total. The summed E-state index contributed by atoms with van der Waals surface area (Å²) in [6.07, 6.45) is 2.91. The average Bonchev–Trinajstić information content (AvgIpc) is 3.07. The maximum absolute atomic E-state index is 12.2. The van der Waals surface area contributed by atoms with Crippen molar-refractivity contribution in [1.29, 1.82) is 0 Å². The third-order valence-corrected chi connectivity index (χ3v) is 6.59. The normalized spacial score (nSPS) is 24.1. The van der Waals surface area contributed by atoms with E-state index in [9.17, 15) is 8.42 Å². The van der Waals surface area contributed by atoms with Crippen molar-refractivity contribution in [3.05, 3.63) is 34.3 Å². The summed E-state index contributed by atoms with van der Waals surface area (Å²) in [7, 11) is -3.22. The van der Waals surface area contributed by atoms with E-state index >= 15 is 0 Å². The third-order valence-electron chi connectivity index (χ3n) is 4.41. The highest BCUT2D eigenvalue weighted by atomic mass is 79.9. The number of halogens is 1. The van der Waals surface area contributed by atoms with Crippen molar-refractivity contribution in [3.63, 3.8) is 0 Å². The van der Waals surface area contributed by atoms with E-state index in [1.165, 1.54) is 5.56 Å². The van der Waals surface area contributed by atoms with Gasteiger partial charge in [-0.15, -0.1) is 0 Å². The first-order valence-electron chi connectivity index (χ1n) is 7.31. The molecule has 1 aromatic rings. The van der Waals surface area contributed by atoms with Crippen LogP contribution in [-0.4, -0.2) is 33.9 Å². The van der Waals surface area contributed by atoms with E-state index in [2.05, 4.69) is 26.7 Å². The predicted molar refractivity (Wildman–Crippen MR) is 85.8 cm³/mol. The van der Waals surface area contributed by atoms with Crippen LogP contribution in [0.2, 0.25) is 0 Å². The van der Waals surface area contributed by atoms with Gasteiger partial charge < -0.3 is 4.74 Å². The lowest BCUT2D eigenvalue weighted by Crippen LogP contribution is -2.36. The first-order chi connectivity index (χ1) is 10.0. The van der Waals surface area contributed by atoms with Crippen LogP contribution in [-0.2, 0) is 20.2 Å². The maximum Gasteiger partial charge on any atom is 0.211 e. The predicted octanol–water partition coefficient (Wildman–Crippen LogP) is 2.44. The van der Waals surface area contributed by atoms with Crippen LogP contribution in [0.25, 0.3) is 0 Å². The number of nitrogens with one attached hydrogen (secondary N) is 1. The van der Waals surface area contributed by atoms with Crippen LogP contribution in [0.4, 0.5) is 0 Å². The molecule has 1 aromatic carbocycles. The van der Waals surface area contributed by atoms with Crippen molar-refractivity contribution in [3.8, 4) is 0 Å². The molecule has 2 aliphatic rings. The van der Waals surface area contributed by atoms with Crippen LogP contribution < -0.4 is 4.72 Å². The molecule has 1 aliphatic heterocycles. The molecule has 21 heavy (non-hydrogen) atoms. The van der Waals surface area contributed by atoms with Crippen molar-refractivity contribution in [2.24, 2.45) is 5.92 Å². The van der Waals surface area contributed by atoms with Gasteiger partial charge >= 0.3 is 0 Å². The van der Waals surface area contributed by atoms with E-state index in [4.69, 9.17) is 4.74 Å². The second-order valence-electron chi connectivity index (χ2n) is 6.09. The van der Waals surface area contributed by atoms with Gasteiger partial charge in [-0.3, -0.25) is 0 Å². The van der Waals surface area contributed by atoms with Gasteiger partial charge in [-0.05, 0) is 36.8 Å². The maximum atomic E-state index is 12.2. The Morgan fingerprint density at radius 3 is 2.71 bits per heavy atom. The molecular formula is C15H20BrNO3S. The van der Waals surface area contributed by atoms with Crippen molar-refractivity contribution in [2.75, 3.05) is 25.5 Å². The van der Waals surface area contributed by atoms with Gasteiger partial charge in [0.25, 0.3) is 0 Å². The van der Waals surface area contributed by atoms with E-state index < -0.39 is 10.0 Å². The minimum Gasteiger partial charge on any atom is -0.381 e. The monoisotopic (exact) mass is 373 g/mol. The van der Waals surface area contributed by atoms with E-state index in [1.54, 1.807) is 0 Å². The molecule has 1 aliphatic carbocycles. The Morgan fingerprint density at radius 1 is 1.33 bits per heavy atom. The fraction of sp³-hybridized carbons (Fsp3) is 0.600. The number of ether oxygens (including phenoxy) is 1. The summed E-state index contributed by atoms with van der Waals surface area (Å²) in [5.41, 5.74) is 1.18. The number of rotatable bonds is 6. The molecule has 1 saturated heterocycles. The van der Waals surface area contributed by atoms with Crippen molar-refractivity contribution in [1.82, 2.24) is 4.72 Å². The molecule has 0 spiro atoms. The molecule has 2 fully saturated rings. The van der Waals surface area contributed by atoms with Crippen LogP contribution >= 0.6 is 15.9 Å². The Kier molecular flexibility index (Phi) is 4.41. The molecule has 1 heterocycles. The van der Waals surface area contributed by atoms with Gasteiger partial charge in [0, 0.05) is 23.0 Å². The summed E-state index contributed by atoms with van der Waals surface area (Å²) in [5.74, 6) is 0.320. The molecule has 0 radical (unpaired) electrons. The lowest BCUT2D eigenvalue weighted by atomic mass is 9.96. The van der Waals surface area contributed by atoms with Gasteiger partial charge in [-0.1, -0.05) is 34.1 Å². The summed E-state index contributed by atoms with van der Waals surface area (Å²) in [6.45, 7) is 1.74. The van der Waals surface area contributed by atoms with Gasteiger partial charge in [-0.2, -0.15) is 0 Å². The Balaban J connectivity index is 1.63. The zero-order valence-electron chi connectivity index (χ0n) is 11.8. The van der Waals surface area contributed by atoms with Crippen LogP contribution in [0, 0.1) is 5.92 Å². The summed E-state index contributed by atoms with van der Waals surface area (Å²) in [5, 5.41) is 0. The number of sulfonamides is 1. The highest BCUT2D eigenvalue weighted by molar-refractivity contribution is 9.10. The highest BCUT2D eigenvalue weighted by Crippen LogP contribution is 2.50. The Hall–Kier alpha value is -0.430. The molecule has 116 valence electrons. The quantitative estimate of drug-likeness (QED) is 0.832. The molecule has 0 bridgehead atoms. The van der Waals surface area contributed by atoms with E-state index in [0.717, 1.165) is 23.7 Å². The van der Waals surface area contributed by atoms with Crippen LogP contribution in [0.15, 0.2) is 28.7 Å². The van der Waals surface area contributed by atoms with Crippen LogP contribution in [0.5, 0.6) is 0 Å². The van der Waals surface area contributed by atoms with Gasteiger partial charge in [0.1, 0.15) is 0 Å². The lowest BCUT2D eigenvalue weighted by Gasteiger charge is -2.19. The third kappa shape index (κ3) is 3.67. The summed E-state index contributed by atoms with van der Waals surface area (Å²) in [4.78, 5) is 0. The van der Waals surface area contributed by atoms with Gasteiger partial charge in [0.2, 0.25) is 10.0 Å². The highest BCUT2D eigenvalue weighted by Gasteiger charge is 2.45. The second kappa shape index (κ2) is 5.99. The molecule has 1 saturated carbocycles. The molecule has 4 nitrogen and oxygen atoms in total. The van der Waals surface area contributed by atoms with Crippen molar-refractivity contribution >= 4 is 26.0 Å².